The third kappa shape index (κ3) is 4.73. The van der Waals surface area contributed by atoms with Crippen LogP contribution in [-0.2, 0) is 4.74 Å². The van der Waals surface area contributed by atoms with Crippen LogP contribution in [0.25, 0.3) is 0 Å². The third-order valence-electron chi connectivity index (χ3n) is 2.71. The summed E-state index contributed by atoms with van der Waals surface area (Å²) >= 11 is 0. The first kappa shape index (κ1) is 14.5. The number of ether oxygens (including phenoxy) is 1. The smallest absolute Gasteiger partial charge is 0.341 e. The molecule has 0 spiro atoms. The van der Waals surface area contributed by atoms with Crippen molar-refractivity contribution in [3.8, 4) is 0 Å². The summed E-state index contributed by atoms with van der Waals surface area (Å²) in [6, 6.07) is 3.45. The van der Waals surface area contributed by atoms with Crippen molar-refractivity contribution in [2.24, 2.45) is 5.92 Å². The summed E-state index contributed by atoms with van der Waals surface area (Å²) in [6.07, 6.45) is 5.16. The predicted molar refractivity (Wildman–Crippen MR) is 72.8 cm³/mol. The van der Waals surface area contributed by atoms with Gasteiger partial charge in [-0.1, -0.05) is 26.7 Å². The van der Waals surface area contributed by atoms with Gasteiger partial charge in [0.05, 0.1) is 7.11 Å². The van der Waals surface area contributed by atoms with Gasteiger partial charge in [-0.3, -0.25) is 0 Å². The van der Waals surface area contributed by atoms with Crippen molar-refractivity contribution in [2.45, 2.75) is 33.1 Å². The first-order valence-corrected chi connectivity index (χ1v) is 6.42. The van der Waals surface area contributed by atoms with Crippen LogP contribution in [0, 0.1) is 5.92 Å². The molecule has 0 amide bonds. The number of nitrogens with zero attached hydrogens (tertiary/aromatic N) is 1. The van der Waals surface area contributed by atoms with Crippen molar-refractivity contribution < 1.29 is 9.53 Å². The van der Waals surface area contributed by atoms with Crippen LogP contribution in [0.15, 0.2) is 18.3 Å². The molecule has 0 aliphatic heterocycles. The molecule has 0 aliphatic carbocycles. The fourth-order valence-electron chi connectivity index (χ4n) is 1.71. The molecule has 100 valence electrons. The topological polar surface area (TPSA) is 51.2 Å². The van der Waals surface area contributed by atoms with Crippen molar-refractivity contribution in [1.29, 1.82) is 0 Å². The van der Waals surface area contributed by atoms with E-state index in [4.69, 9.17) is 4.74 Å². The molecule has 0 atom stereocenters. The number of hydrogen-bond acceptors (Lipinski definition) is 4. The standard InChI is InChI=1S/C14H22N2O2/c1-11(2)7-4-5-9-15-13-12(14(17)18-3)8-6-10-16-13/h6,8,10-11H,4-5,7,9H2,1-3H3,(H,15,16). The van der Waals surface area contributed by atoms with Crippen molar-refractivity contribution in [2.75, 3.05) is 19.0 Å². The average molecular weight is 250 g/mol. The molecule has 0 saturated carbocycles. The molecular weight excluding hydrogens is 228 g/mol. The zero-order valence-electron chi connectivity index (χ0n) is 11.4. The molecular formula is C14H22N2O2. The average Bonchev–Trinajstić information content (AvgIpc) is 2.37. The number of nitrogens with one attached hydrogen (secondary N) is 1. The normalized spacial score (nSPS) is 10.4. The van der Waals surface area contributed by atoms with Crippen LogP contribution < -0.4 is 5.32 Å². The Morgan fingerprint density at radius 2 is 2.22 bits per heavy atom. The number of carbonyl (C=O) groups is 1. The minimum Gasteiger partial charge on any atom is -0.465 e. The van der Waals surface area contributed by atoms with Gasteiger partial charge in [0.25, 0.3) is 0 Å². The molecule has 0 bridgehead atoms. The number of aromatic nitrogens is 1. The van der Waals surface area contributed by atoms with Gasteiger partial charge < -0.3 is 10.1 Å². The molecule has 18 heavy (non-hydrogen) atoms. The Kier molecular flexibility index (Phi) is 6.19. The lowest BCUT2D eigenvalue weighted by Gasteiger charge is -2.09. The first-order chi connectivity index (χ1) is 8.65. The minimum atomic E-state index is -0.354. The molecule has 0 aromatic carbocycles. The van der Waals surface area contributed by atoms with Gasteiger partial charge in [-0.2, -0.15) is 0 Å². The van der Waals surface area contributed by atoms with E-state index in [1.165, 1.54) is 20.0 Å². The quantitative estimate of drug-likeness (QED) is 0.596. The number of hydrogen-bond donors (Lipinski definition) is 1. The lowest BCUT2D eigenvalue weighted by atomic mass is 10.1. The van der Waals surface area contributed by atoms with Gasteiger partial charge in [-0.05, 0) is 24.5 Å². The molecule has 4 nitrogen and oxygen atoms in total. The van der Waals surface area contributed by atoms with Gasteiger partial charge in [0, 0.05) is 12.7 Å². The fourth-order valence-corrected chi connectivity index (χ4v) is 1.71. The summed E-state index contributed by atoms with van der Waals surface area (Å²) in [6.45, 7) is 5.27. The summed E-state index contributed by atoms with van der Waals surface area (Å²) in [5.41, 5.74) is 0.490. The van der Waals surface area contributed by atoms with E-state index in [0.717, 1.165) is 18.9 Å². The Balaban J connectivity index is 2.44. The number of methoxy groups -OCH3 is 1. The summed E-state index contributed by atoms with van der Waals surface area (Å²) < 4.78 is 4.72. The highest BCUT2D eigenvalue weighted by atomic mass is 16.5. The molecule has 1 heterocycles. The second-order valence-corrected chi connectivity index (χ2v) is 4.71. The number of carbonyl (C=O) groups excluding carboxylic acids is 1. The molecule has 0 fully saturated rings. The maximum atomic E-state index is 11.5. The SMILES string of the molecule is COC(=O)c1cccnc1NCCCCC(C)C. The van der Waals surface area contributed by atoms with Crippen LogP contribution in [0.3, 0.4) is 0 Å². The highest BCUT2D eigenvalue weighted by Gasteiger charge is 2.11. The van der Waals surface area contributed by atoms with Crippen LogP contribution in [0.5, 0.6) is 0 Å². The van der Waals surface area contributed by atoms with E-state index in [-0.39, 0.29) is 5.97 Å². The zero-order valence-corrected chi connectivity index (χ0v) is 11.4. The fraction of sp³-hybridized carbons (Fsp3) is 0.571. The second kappa shape index (κ2) is 7.69. The van der Waals surface area contributed by atoms with Gasteiger partial charge in [0.15, 0.2) is 0 Å². The summed E-state index contributed by atoms with van der Waals surface area (Å²) in [5, 5.41) is 3.19. The minimum absolute atomic E-state index is 0.354. The van der Waals surface area contributed by atoms with E-state index in [0.29, 0.717) is 11.4 Å². The van der Waals surface area contributed by atoms with Gasteiger partial charge in [-0.25, -0.2) is 9.78 Å². The number of pyridine rings is 1. The van der Waals surface area contributed by atoms with E-state index in [2.05, 4.69) is 24.1 Å². The maximum absolute atomic E-state index is 11.5. The van der Waals surface area contributed by atoms with Crippen molar-refractivity contribution in [3.05, 3.63) is 23.9 Å². The van der Waals surface area contributed by atoms with Gasteiger partial charge in [0.1, 0.15) is 11.4 Å². The molecule has 1 rings (SSSR count). The lowest BCUT2D eigenvalue weighted by molar-refractivity contribution is 0.0601. The molecule has 0 radical (unpaired) electrons. The molecule has 1 aromatic heterocycles. The molecule has 4 heteroatoms. The van der Waals surface area contributed by atoms with E-state index in [9.17, 15) is 4.79 Å². The highest BCUT2D eigenvalue weighted by Crippen LogP contribution is 2.13. The molecule has 1 aromatic rings. The van der Waals surface area contributed by atoms with Crippen LogP contribution in [0.1, 0.15) is 43.5 Å². The lowest BCUT2D eigenvalue weighted by Crippen LogP contribution is -2.10. The van der Waals surface area contributed by atoms with E-state index >= 15 is 0 Å². The van der Waals surface area contributed by atoms with Crippen molar-refractivity contribution in [1.82, 2.24) is 4.98 Å². The van der Waals surface area contributed by atoms with Crippen LogP contribution in [0.2, 0.25) is 0 Å². The van der Waals surface area contributed by atoms with Crippen LogP contribution in [0.4, 0.5) is 5.82 Å². The summed E-state index contributed by atoms with van der Waals surface area (Å²) in [7, 11) is 1.38. The molecule has 0 saturated heterocycles. The molecule has 1 N–H and O–H groups in total. The Bertz CT molecular complexity index is 378. The summed E-state index contributed by atoms with van der Waals surface area (Å²) in [4.78, 5) is 15.7. The molecule has 0 unspecified atom stereocenters. The van der Waals surface area contributed by atoms with E-state index in [1.54, 1.807) is 18.3 Å². The van der Waals surface area contributed by atoms with Crippen molar-refractivity contribution >= 4 is 11.8 Å². The zero-order chi connectivity index (χ0) is 13.4. The van der Waals surface area contributed by atoms with Crippen LogP contribution >= 0.6 is 0 Å². The Morgan fingerprint density at radius 1 is 1.44 bits per heavy atom. The summed E-state index contributed by atoms with van der Waals surface area (Å²) in [5.74, 6) is 0.993. The van der Waals surface area contributed by atoms with Gasteiger partial charge >= 0.3 is 5.97 Å². The van der Waals surface area contributed by atoms with Crippen LogP contribution in [-0.4, -0.2) is 24.6 Å². The Morgan fingerprint density at radius 3 is 2.89 bits per heavy atom. The van der Waals surface area contributed by atoms with E-state index < -0.39 is 0 Å². The Hall–Kier alpha value is -1.58. The maximum Gasteiger partial charge on any atom is 0.341 e. The Labute approximate surface area is 109 Å². The molecule has 0 aliphatic rings. The monoisotopic (exact) mass is 250 g/mol. The largest absolute Gasteiger partial charge is 0.465 e. The van der Waals surface area contributed by atoms with Gasteiger partial charge in [0.2, 0.25) is 0 Å². The van der Waals surface area contributed by atoms with Crippen molar-refractivity contribution in [3.63, 3.8) is 0 Å². The number of esters is 1. The number of rotatable bonds is 7. The predicted octanol–water partition coefficient (Wildman–Crippen LogP) is 3.11. The first-order valence-electron chi connectivity index (χ1n) is 6.42. The third-order valence-corrected chi connectivity index (χ3v) is 2.71. The van der Waals surface area contributed by atoms with Gasteiger partial charge in [-0.15, -0.1) is 0 Å². The highest BCUT2D eigenvalue weighted by molar-refractivity contribution is 5.94. The number of unbranched alkanes of at least 4 members (excludes halogenated alkanes) is 1. The second-order valence-electron chi connectivity index (χ2n) is 4.71. The number of anilines is 1. The van der Waals surface area contributed by atoms with E-state index in [1.807, 2.05) is 0 Å².